The van der Waals surface area contributed by atoms with E-state index in [-0.39, 0.29) is 12.4 Å². The summed E-state index contributed by atoms with van der Waals surface area (Å²) in [4.78, 5) is 15.2. The van der Waals surface area contributed by atoms with Gasteiger partial charge in [-0.2, -0.15) is 0 Å². The minimum Gasteiger partial charge on any atom is -0.480 e. The lowest BCUT2D eigenvalue weighted by Crippen LogP contribution is -2.49. The Kier molecular flexibility index (Phi) is 4.26. The van der Waals surface area contributed by atoms with Crippen LogP contribution < -0.4 is 5.32 Å². The lowest BCUT2D eigenvalue weighted by atomic mass is 9.90. The highest BCUT2D eigenvalue weighted by Crippen LogP contribution is 2.24. The Morgan fingerprint density at radius 1 is 1.50 bits per heavy atom. The van der Waals surface area contributed by atoms with Crippen molar-refractivity contribution in [2.75, 3.05) is 6.54 Å². The van der Waals surface area contributed by atoms with Crippen molar-refractivity contribution in [3.63, 3.8) is 0 Å². The van der Waals surface area contributed by atoms with Crippen molar-refractivity contribution in [2.24, 2.45) is 0 Å². The molecule has 2 N–H and O–H groups in total. The van der Waals surface area contributed by atoms with Crippen molar-refractivity contribution < 1.29 is 9.90 Å². The van der Waals surface area contributed by atoms with Crippen molar-refractivity contribution in [1.82, 2.24) is 10.3 Å². The first-order valence-corrected chi connectivity index (χ1v) is 5.10. The number of carboxylic acids is 1. The summed E-state index contributed by atoms with van der Waals surface area (Å²) in [6.45, 7) is 0.789. The number of rotatable bonds is 3. The number of pyridine rings is 1. The summed E-state index contributed by atoms with van der Waals surface area (Å²) in [5.74, 6) is -0.753. The number of carbonyl (C=O) groups is 1. The van der Waals surface area contributed by atoms with E-state index in [1.165, 1.54) is 0 Å². The van der Waals surface area contributed by atoms with Crippen LogP contribution in [0, 0.1) is 0 Å². The fourth-order valence-corrected chi connectivity index (χ4v) is 2.06. The molecule has 0 unspecified atom stereocenters. The maximum atomic E-state index is 11.2. The third-order valence-corrected chi connectivity index (χ3v) is 2.91. The van der Waals surface area contributed by atoms with E-state index in [2.05, 4.69) is 10.3 Å². The zero-order valence-corrected chi connectivity index (χ0v) is 9.67. The topological polar surface area (TPSA) is 62.2 Å². The van der Waals surface area contributed by atoms with E-state index in [1.807, 2.05) is 12.1 Å². The van der Waals surface area contributed by atoms with E-state index in [0.717, 1.165) is 18.5 Å². The average molecular weight is 243 g/mol. The van der Waals surface area contributed by atoms with Crippen molar-refractivity contribution in [2.45, 2.75) is 24.8 Å². The predicted molar refractivity (Wildman–Crippen MR) is 62.8 cm³/mol. The molecule has 1 aliphatic rings. The fourth-order valence-electron chi connectivity index (χ4n) is 2.06. The molecule has 1 fully saturated rings. The molecule has 0 aromatic carbocycles. The second-order valence-electron chi connectivity index (χ2n) is 3.95. The number of carboxylic acid groups (broad SMARTS) is 1. The summed E-state index contributed by atoms with van der Waals surface area (Å²) in [6.07, 6.45) is 5.55. The maximum Gasteiger partial charge on any atom is 0.324 e. The van der Waals surface area contributed by atoms with Crippen LogP contribution in [0.25, 0.3) is 0 Å². The second-order valence-corrected chi connectivity index (χ2v) is 3.95. The molecule has 1 aromatic rings. The van der Waals surface area contributed by atoms with Crippen LogP contribution in [-0.4, -0.2) is 28.1 Å². The Morgan fingerprint density at radius 3 is 2.69 bits per heavy atom. The Balaban J connectivity index is 0.00000128. The van der Waals surface area contributed by atoms with Gasteiger partial charge in [-0.3, -0.25) is 9.78 Å². The molecule has 88 valence electrons. The van der Waals surface area contributed by atoms with Gasteiger partial charge in [-0.25, -0.2) is 0 Å². The molecule has 1 aromatic heterocycles. The van der Waals surface area contributed by atoms with Gasteiger partial charge in [0.25, 0.3) is 0 Å². The van der Waals surface area contributed by atoms with E-state index >= 15 is 0 Å². The van der Waals surface area contributed by atoms with Crippen LogP contribution in [-0.2, 0) is 11.2 Å². The third kappa shape index (κ3) is 2.51. The van der Waals surface area contributed by atoms with E-state index in [9.17, 15) is 9.90 Å². The molecule has 0 radical (unpaired) electrons. The summed E-state index contributed by atoms with van der Waals surface area (Å²) >= 11 is 0. The first kappa shape index (κ1) is 12.9. The lowest BCUT2D eigenvalue weighted by Gasteiger charge is -2.24. The van der Waals surface area contributed by atoms with Crippen LogP contribution in [0.1, 0.15) is 18.4 Å². The van der Waals surface area contributed by atoms with E-state index in [0.29, 0.717) is 12.8 Å². The van der Waals surface area contributed by atoms with Gasteiger partial charge in [0.2, 0.25) is 0 Å². The van der Waals surface area contributed by atoms with Crippen LogP contribution in [0.4, 0.5) is 0 Å². The molecule has 0 aliphatic carbocycles. The van der Waals surface area contributed by atoms with Crippen molar-refractivity contribution >= 4 is 18.4 Å². The quantitative estimate of drug-likeness (QED) is 0.838. The SMILES string of the molecule is Cl.O=C(O)[C@@]1(Cc2ccncc2)CCCN1. The monoisotopic (exact) mass is 242 g/mol. The molecule has 0 spiro atoms. The summed E-state index contributed by atoms with van der Waals surface area (Å²) in [7, 11) is 0. The van der Waals surface area contributed by atoms with Crippen molar-refractivity contribution in [3.05, 3.63) is 30.1 Å². The molecule has 5 heteroatoms. The van der Waals surface area contributed by atoms with Gasteiger partial charge in [-0.1, -0.05) is 0 Å². The summed E-state index contributed by atoms with van der Waals surface area (Å²) < 4.78 is 0. The molecular weight excluding hydrogens is 228 g/mol. The van der Waals surface area contributed by atoms with Gasteiger partial charge in [0.15, 0.2) is 0 Å². The number of aliphatic carboxylic acids is 1. The van der Waals surface area contributed by atoms with E-state index in [1.54, 1.807) is 12.4 Å². The first-order valence-electron chi connectivity index (χ1n) is 5.10. The molecule has 1 aliphatic heterocycles. The molecule has 4 nitrogen and oxygen atoms in total. The van der Waals surface area contributed by atoms with Gasteiger partial charge in [0.1, 0.15) is 5.54 Å². The standard InChI is InChI=1S/C11H14N2O2.ClH/c14-10(15)11(4-1-5-13-11)8-9-2-6-12-7-3-9;/h2-3,6-7,13H,1,4-5,8H2,(H,14,15);1H/t11-;/m0./s1. The molecule has 0 amide bonds. The largest absolute Gasteiger partial charge is 0.480 e. The minimum atomic E-state index is -0.763. The Labute approximate surface area is 100 Å². The second kappa shape index (κ2) is 5.27. The molecule has 2 heterocycles. The van der Waals surface area contributed by atoms with Gasteiger partial charge in [0, 0.05) is 18.8 Å². The summed E-state index contributed by atoms with van der Waals surface area (Å²) in [5, 5.41) is 12.3. The number of halogens is 1. The van der Waals surface area contributed by atoms with E-state index < -0.39 is 11.5 Å². The Bertz CT molecular complexity index is 350. The Morgan fingerprint density at radius 2 is 2.19 bits per heavy atom. The van der Waals surface area contributed by atoms with Crippen LogP contribution >= 0.6 is 12.4 Å². The number of hydrogen-bond acceptors (Lipinski definition) is 3. The van der Waals surface area contributed by atoms with E-state index in [4.69, 9.17) is 0 Å². The van der Waals surface area contributed by atoms with Crippen molar-refractivity contribution in [1.29, 1.82) is 0 Å². The maximum absolute atomic E-state index is 11.2. The first-order chi connectivity index (χ1) is 7.23. The highest BCUT2D eigenvalue weighted by atomic mass is 35.5. The molecule has 0 saturated carbocycles. The fraction of sp³-hybridized carbons (Fsp3) is 0.455. The molecule has 16 heavy (non-hydrogen) atoms. The minimum absolute atomic E-state index is 0. The zero-order valence-electron chi connectivity index (χ0n) is 8.85. The van der Waals surface area contributed by atoms with Gasteiger partial charge >= 0.3 is 5.97 Å². The molecule has 2 rings (SSSR count). The average Bonchev–Trinajstić information content (AvgIpc) is 2.69. The molecular formula is C11H15ClN2O2. The van der Waals surface area contributed by atoms with Crippen molar-refractivity contribution in [3.8, 4) is 0 Å². The molecule has 0 bridgehead atoms. The Hall–Kier alpha value is -1.13. The highest BCUT2D eigenvalue weighted by molar-refractivity contribution is 5.85. The highest BCUT2D eigenvalue weighted by Gasteiger charge is 2.40. The van der Waals surface area contributed by atoms with Crippen LogP contribution in [0.15, 0.2) is 24.5 Å². The number of nitrogens with zero attached hydrogens (tertiary/aromatic N) is 1. The smallest absolute Gasteiger partial charge is 0.324 e. The normalized spacial score (nSPS) is 23.8. The third-order valence-electron chi connectivity index (χ3n) is 2.91. The summed E-state index contributed by atoms with van der Waals surface area (Å²) in [5.41, 5.74) is 0.253. The van der Waals surface area contributed by atoms with Gasteiger partial charge in [-0.05, 0) is 37.1 Å². The van der Waals surface area contributed by atoms with Crippen LogP contribution in [0.3, 0.4) is 0 Å². The number of nitrogens with one attached hydrogen (secondary N) is 1. The van der Waals surface area contributed by atoms with Gasteiger partial charge in [-0.15, -0.1) is 12.4 Å². The zero-order chi connectivity index (χ0) is 10.7. The summed E-state index contributed by atoms with van der Waals surface area (Å²) in [6, 6.07) is 3.73. The molecule has 1 atom stereocenters. The lowest BCUT2D eigenvalue weighted by molar-refractivity contribution is -0.144. The number of aromatic nitrogens is 1. The van der Waals surface area contributed by atoms with Gasteiger partial charge < -0.3 is 10.4 Å². The number of hydrogen-bond donors (Lipinski definition) is 2. The van der Waals surface area contributed by atoms with Gasteiger partial charge in [0.05, 0.1) is 0 Å². The predicted octanol–water partition coefficient (Wildman–Crippen LogP) is 1.25. The van der Waals surface area contributed by atoms with Crippen LogP contribution in [0.5, 0.6) is 0 Å². The van der Waals surface area contributed by atoms with Crippen LogP contribution in [0.2, 0.25) is 0 Å². The molecule has 1 saturated heterocycles.